The number of urea groups is 1. The van der Waals surface area contributed by atoms with Crippen LogP contribution < -0.4 is 20.3 Å². The molecule has 1 atom stereocenters. The summed E-state index contributed by atoms with van der Waals surface area (Å²) in [6, 6.07) is 17.3. The molecule has 45 heavy (non-hydrogen) atoms. The minimum Gasteiger partial charge on any atom is -0.457 e. The molecule has 7 rings (SSSR count). The Balaban J connectivity index is 1.05. The van der Waals surface area contributed by atoms with Crippen molar-refractivity contribution in [2.75, 3.05) is 42.9 Å². The van der Waals surface area contributed by atoms with E-state index < -0.39 is 0 Å². The summed E-state index contributed by atoms with van der Waals surface area (Å²) < 4.78 is 6.02. The quantitative estimate of drug-likeness (QED) is 0.199. The molecule has 0 unspecified atom stereocenters. The molecule has 2 N–H and O–H groups in total. The normalized spacial score (nSPS) is 18.6. The van der Waals surface area contributed by atoms with Crippen LogP contribution in [0.3, 0.4) is 0 Å². The Hall–Kier alpha value is -4.25. The van der Waals surface area contributed by atoms with Crippen molar-refractivity contribution in [3.8, 4) is 11.5 Å². The molecule has 2 aromatic heterocycles. The standard InChI is InChI=1S/C35H38N6O3S/c1-24-21-27(44-26-10-3-2-4-11-26)13-14-28(24)41-29-15-16-36-34-32(29)33(38-35(41)43)30(45-34)22-37-25-9-7-20-40(23-25)31(42)12-8-19-39-17-5-6-18-39/h2-4,8,10-16,21,25,37H,5-7,9,17-20,22-23H2,1H3,(H,38,43)/b12-8+/t25-/m1/s1. The predicted molar refractivity (Wildman–Crippen MR) is 180 cm³/mol. The van der Waals surface area contributed by atoms with Gasteiger partial charge in [0.1, 0.15) is 16.3 Å². The van der Waals surface area contributed by atoms with E-state index in [0.29, 0.717) is 18.8 Å². The molecule has 0 spiro atoms. The summed E-state index contributed by atoms with van der Waals surface area (Å²) in [6.07, 6.45) is 10.0. The largest absolute Gasteiger partial charge is 0.457 e. The molecule has 2 aromatic carbocycles. The molecular formula is C35H38N6O3S. The first-order valence-electron chi connectivity index (χ1n) is 15.8. The highest BCUT2D eigenvalue weighted by Gasteiger charge is 2.32. The van der Waals surface area contributed by atoms with Crippen molar-refractivity contribution >= 4 is 50.6 Å². The lowest BCUT2D eigenvalue weighted by atomic mass is 10.1. The Morgan fingerprint density at radius 3 is 2.73 bits per heavy atom. The van der Waals surface area contributed by atoms with E-state index in [9.17, 15) is 9.59 Å². The van der Waals surface area contributed by atoms with Crippen LogP contribution in [0.1, 0.15) is 36.1 Å². The molecule has 5 heterocycles. The van der Waals surface area contributed by atoms with E-state index in [-0.39, 0.29) is 18.0 Å². The predicted octanol–water partition coefficient (Wildman–Crippen LogP) is 6.81. The van der Waals surface area contributed by atoms with Crippen molar-refractivity contribution in [2.24, 2.45) is 0 Å². The second kappa shape index (κ2) is 13.0. The smallest absolute Gasteiger partial charge is 0.331 e. The molecule has 3 aliphatic rings. The number of anilines is 3. The summed E-state index contributed by atoms with van der Waals surface area (Å²) in [4.78, 5) is 39.2. The van der Waals surface area contributed by atoms with Gasteiger partial charge in [-0.1, -0.05) is 24.3 Å². The van der Waals surface area contributed by atoms with E-state index in [1.54, 1.807) is 28.5 Å². The summed E-state index contributed by atoms with van der Waals surface area (Å²) in [5, 5.41) is 7.80. The number of amides is 3. The van der Waals surface area contributed by atoms with E-state index in [1.165, 1.54) is 12.8 Å². The highest BCUT2D eigenvalue weighted by molar-refractivity contribution is 7.19. The van der Waals surface area contributed by atoms with E-state index in [2.05, 4.69) is 20.5 Å². The van der Waals surface area contributed by atoms with Crippen LogP contribution in [0.15, 0.2) is 72.9 Å². The number of carbonyl (C=O) groups excluding carboxylic acids is 2. The molecule has 0 radical (unpaired) electrons. The minimum absolute atomic E-state index is 0.0915. The molecule has 3 aliphatic heterocycles. The number of nitrogens with one attached hydrogen (secondary N) is 2. The summed E-state index contributed by atoms with van der Waals surface area (Å²) in [6.45, 7) is 7.15. The number of hydrogen-bond donors (Lipinski definition) is 2. The lowest BCUT2D eigenvalue weighted by Crippen LogP contribution is -2.47. The zero-order valence-electron chi connectivity index (χ0n) is 25.5. The number of aromatic nitrogens is 1. The number of aryl methyl sites for hydroxylation is 1. The van der Waals surface area contributed by atoms with E-state index in [1.807, 2.05) is 72.5 Å². The molecule has 0 aliphatic carbocycles. The lowest BCUT2D eigenvalue weighted by molar-refractivity contribution is -0.127. The second-order valence-corrected chi connectivity index (χ2v) is 13.0. The number of para-hydroxylation sites is 1. The second-order valence-electron chi connectivity index (χ2n) is 12.0. The number of hydrogen-bond acceptors (Lipinski definition) is 7. The van der Waals surface area contributed by atoms with Gasteiger partial charge in [0.15, 0.2) is 0 Å². The van der Waals surface area contributed by atoms with E-state index in [0.717, 1.165) is 82.5 Å². The summed E-state index contributed by atoms with van der Waals surface area (Å²) in [7, 11) is 0. The fourth-order valence-corrected chi connectivity index (χ4v) is 7.59. The average molecular weight is 623 g/mol. The third-order valence-electron chi connectivity index (χ3n) is 8.81. The number of benzene rings is 2. The first-order valence-corrected chi connectivity index (χ1v) is 16.6. The maximum Gasteiger partial charge on any atom is 0.331 e. The van der Waals surface area contributed by atoms with Crippen LogP contribution in [0.25, 0.3) is 10.2 Å². The summed E-state index contributed by atoms with van der Waals surface area (Å²) in [5.74, 6) is 1.57. The number of ether oxygens (including phenoxy) is 1. The fourth-order valence-electron chi connectivity index (χ4n) is 6.53. The van der Waals surface area contributed by atoms with Crippen LogP contribution in [0.5, 0.6) is 11.5 Å². The van der Waals surface area contributed by atoms with Gasteiger partial charge in [-0.15, -0.1) is 11.3 Å². The SMILES string of the molecule is Cc1cc(Oc2ccccc2)ccc1N1C(=O)Nc2c(CN[C@@H]3CCCN(C(=O)/C=C/CN4CCCC4)C3)sc3nccc1c23. The molecule has 3 amide bonds. The first-order chi connectivity index (χ1) is 22.0. The van der Waals surface area contributed by atoms with Gasteiger partial charge in [-0.25, -0.2) is 9.78 Å². The van der Waals surface area contributed by atoms with Gasteiger partial charge in [0.05, 0.1) is 22.4 Å². The van der Waals surface area contributed by atoms with Gasteiger partial charge in [0.25, 0.3) is 0 Å². The number of likely N-dealkylation sites (tertiary alicyclic amines) is 2. The molecule has 10 heteroatoms. The number of pyridine rings is 1. The highest BCUT2D eigenvalue weighted by Crippen LogP contribution is 2.46. The lowest BCUT2D eigenvalue weighted by Gasteiger charge is -2.33. The van der Waals surface area contributed by atoms with Gasteiger partial charge < -0.3 is 20.3 Å². The van der Waals surface area contributed by atoms with Gasteiger partial charge in [-0.2, -0.15) is 0 Å². The summed E-state index contributed by atoms with van der Waals surface area (Å²) >= 11 is 1.60. The third kappa shape index (κ3) is 6.31. The highest BCUT2D eigenvalue weighted by atomic mass is 32.1. The maximum atomic E-state index is 13.7. The molecular weight excluding hydrogens is 584 g/mol. The molecule has 4 aromatic rings. The Kier molecular flexibility index (Phi) is 8.51. The van der Waals surface area contributed by atoms with Crippen LogP contribution in [-0.4, -0.2) is 65.5 Å². The van der Waals surface area contributed by atoms with Crippen molar-refractivity contribution in [3.05, 3.63) is 83.4 Å². The molecule has 2 fully saturated rings. The van der Waals surface area contributed by atoms with E-state index >= 15 is 0 Å². The maximum absolute atomic E-state index is 13.7. The number of piperidine rings is 1. The van der Waals surface area contributed by atoms with Crippen LogP contribution in [-0.2, 0) is 11.3 Å². The number of carbonyl (C=O) groups is 2. The summed E-state index contributed by atoms with van der Waals surface area (Å²) in [5.41, 5.74) is 3.35. The minimum atomic E-state index is -0.204. The van der Waals surface area contributed by atoms with Gasteiger partial charge in [-0.05, 0) is 87.7 Å². The topological polar surface area (TPSA) is 90.0 Å². The van der Waals surface area contributed by atoms with Crippen LogP contribution >= 0.6 is 11.3 Å². The van der Waals surface area contributed by atoms with E-state index in [4.69, 9.17) is 4.74 Å². The zero-order valence-corrected chi connectivity index (χ0v) is 26.3. The monoisotopic (exact) mass is 622 g/mol. The first kappa shape index (κ1) is 29.5. The van der Waals surface area contributed by atoms with Crippen molar-refractivity contribution in [2.45, 2.75) is 45.2 Å². The van der Waals surface area contributed by atoms with Gasteiger partial charge in [0.2, 0.25) is 5.91 Å². The van der Waals surface area contributed by atoms with Crippen molar-refractivity contribution < 1.29 is 14.3 Å². The van der Waals surface area contributed by atoms with Crippen molar-refractivity contribution in [1.29, 1.82) is 0 Å². The molecule has 0 bridgehead atoms. The van der Waals surface area contributed by atoms with Gasteiger partial charge >= 0.3 is 6.03 Å². The molecule has 9 nitrogen and oxygen atoms in total. The van der Waals surface area contributed by atoms with Crippen molar-refractivity contribution in [3.63, 3.8) is 0 Å². The number of nitrogens with zero attached hydrogens (tertiary/aromatic N) is 4. The van der Waals surface area contributed by atoms with Gasteiger partial charge in [0, 0.05) is 49.4 Å². The molecule has 232 valence electrons. The Bertz CT molecular complexity index is 1730. The average Bonchev–Trinajstić information content (AvgIpc) is 3.70. The Labute approximate surface area is 267 Å². The number of rotatable bonds is 9. The molecule has 2 saturated heterocycles. The Morgan fingerprint density at radius 1 is 1.07 bits per heavy atom. The van der Waals surface area contributed by atoms with Gasteiger partial charge in [-0.3, -0.25) is 14.6 Å². The fraction of sp³-hybridized carbons (Fsp3) is 0.343. The third-order valence-corrected chi connectivity index (χ3v) is 9.91. The Morgan fingerprint density at radius 2 is 1.91 bits per heavy atom. The van der Waals surface area contributed by atoms with Crippen LogP contribution in [0, 0.1) is 6.92 Å². The van der Waals surface area contributed by atoms with Crippen LogP contribution in [0.2, 0.25) is 0 Å². The zero-order chi connectivity index (χ0) is 30.8. The van der Waals surface area contributed by atoms with Crippen LogP contribution in [0.4, 0.5) is 21.9 Å². The number of thiophene rings is 1. The molecule has 0 saturated carbocycles. The van der Waals surface area contributed by atoms with Crippen molar-refractivity contribution in [1.82, 2.24) is 20.1 Å².